The Morgan fingerprint density at radius 2 is 2.16 bits per heavy atom. The zero-order valence-corrected chi connectivity index (χ0v) is 11.0. The van der Waals surface area contributed by atoms with Crippen molar-refractivity contribution in [3.8, 4) is 0 Å². The van der Waals surface area contributed by atoms with Crippen LogP contribution in [0.15, 0.2) is 18.5 Å². The molecule has 2 heterocycles. The third-order valence-corrected chi connectivity index (χ3v) is 2.93. The van der Waals surface area contributed by atoms with E-state index in [1.807, 2.05) is 24.7 Å². The predicted octanol–water partition coefficient (Wildman–Crippen LogP) is 2.09. The fourth-order valence-corrected chi connectivity index (χ4v) is 1.88. The van der Waals surface area contributed by atoms with Gasteiger partial charge < -0.3 is 5.32 Å². The van der Waals surface area contributed by atoms with Crippen molar-refractivity contribution >= 4 is 0 Å². The van der Waals surface area contributed by atoms with Crippen LogP contribution in [0.2, 0.25) is 0 Å². The van der Waals surface area contributed by atoms with Gasteiger partial charge in [-0.25, -0.2) is 4.68 Å². The molecule has 0 amide bonds. The summed E-state index contributed by atoms with van der Waals surface area (Å²) >= 11 is 0. The summed E-state index contributed by atoms with van der Waals surface area (Å²) in [5.41, 5.74) is 2.50. The van der Waals surface area contributed by atoms with Gasteiger partial charge in [-0.1, -0.05) is 0 Å². The van der Waals surface area contributed by atoms with Gasteiger partial charge in [-0.3, -0.25) is 4.68 Å². The number of rotatable bonds is 6. The molecule has 0 atom stereocenters. The van der Waals surface area contributed by atoms with Gasteiger partial charge >= 0.3 is 6.55 Å². The van der Waals surface area contributed by atoms with Crippen LogP contribution in [0.4, 0.5) is 8.78 Å². The van der Waals surface area contributed by atoms with Crippen molar-refractivity contribution in [2.75, 3.05) is 0 Å². The van der Waals surface area contributed by atoms with Crippen LogP contribution in [0.1, 0.15) is 30.4 Å². The molecule has 0 aromatic carbocycles. The molecule has 0 aliphatic carbocycles. The van der Waals surface area contributed by atoms with E-state index >= 15 is 0 Å². The van der Waals surface area contributed by atoms with Crippen LogP contribution in [0.3, 0.4) is 0 Å². The molecule has 0 unspecified atom stereocenters. The highest BCUT2D eigenvalue weighted by molar-refractivity contribution is 5.15. The van der Waals surface area contributed by atoms with E-state index in [0.717, 1.165) is 22.5 Å². The molecular formula is C12H17F2N5. The number of alkyl halides is 2. The van der Waals surface area contributed by atoms with E-state index in [0.29, 0.717) is 18.8 Å². The van der Waals surface area contributed by atoms with Crippen molar-refractivity contribution in [2.24, 2.45) is 0 Å². The maximum Gasteiger partial charge on any atom is 0.333 e. The molecule has 0 fully saturated rings. The monoisotopic (exact) mass is 269 g/mol. The SMILES string of the molecule is CCn1cc(CNCc2ccnn2C(F)F)c(C)n1. The normalized spacial score (nSPS) is 11.4. The standard InChI is InChI=1S/C12H17F2N5/c1-3-18-8-10(9(2)17-18)6-15-7-11-4-5-16-19(11)12(13)14/h4-5,8,12,15H,3,6-7H2,1-2H3. The van der Waals surface area contributed by atoms with Crippen molar-refractivity contribution < 1.29 is 8.78 Å². The fraction of sp³-hybridized carbons (Fsp3) is 0.500. The molecule has 0 aliphatic heterocycles. The van der Waals surface area contributed by atoms with Crippen molar-refractivity contribution in [2.45, 2.75) is 40.0 Å². The molecule has 0 saturated carbocycles. The highest BCUT2D eigenvalue weighted by Gasteiger charge is 2.11. The van der Waals surface area contributed by atoms with Crippen LogP contribution < -0.4 is 5.32 Å². The van der Waals surface area contributed by atoms with Gasteiger partial charge in [0.1, 0.15) is 0 Å². The van der Waals surface area contributed by atoms with Crippen molar-refractivity contribution in [1.29, 1.82) is 0 Å². The Morgan fingerprint density at radius 3 is 2.79 bits per heavy atom. The van der Waals surface area contributed by atoms with Crippen molar-refractivity contribution in [1.82, 2.24) is 24.9 Å². The molecule has 0 bridgehead atoms. The van der Waals surface area contributed by atoms with E-state index in [9.17, 15) is 8.78 Å². The average molecular weight is 269 g/mol. The lowest BCUT2D eigenvalue weighted by molar-refractivity contribution is 0.0531. The molecule has 7 heteroatoms. The number of halogens is 2. The number of aromatic nitrogens is 4. The summed E-state index contributed by atoms with van der Waals surface area (Å²) in [4.78, 5) is 0. The summed E-state index contributed by atoms with van der Waals surface area (Å²) in [5.74, 6) is 0. The van der Waals surface area contributed by atoms with Gasteiger partial charge in [0, 0.05) is 37.6 Å². The molecule has 2 aromatic rings. The molecule has 104 valence electrons. The molecular weight excluding hydrogens is 252 g/mol. The van der Waals surface area contributed by atoms with Gasteiger partial charge in [0.15, 0.2) is 0 Å². The van der Waals surface area contributed by atoms with Gasteiger partial charge in [-0.15, -0.1) is 0 Å². The Kier molecular flexibility index (Phi) is 4.26. The Labute approximate surface area is 110 Å². The molecule has 0 radical (unpaired) electrons. The zero-order valence-electron chi connectivity index (χ0n) is 11.0. The summed E-state index contributed by atoms with van der Waals surface area (Å²) in [6.45, 7) is 3.12. The number of nitrogens with one attached hydrogen (secondary N) is 1. The Morgan fingerprint density at radius 1 is 1.37 bits per heavy atom. The number of hydrogen-bond donors (Lipinski definition) is 1. The van der Waals surface area contributed by atoms with Crippen molar-refractivity contribution in [3.05, 3.63) is 35.4 Å². The second-order valence-corrected chi connectivity index (χ2v) is 4.24. The number of nitrogens with zero attached hydrogens (tertiary/aromatic N) is 4. The molecule has 5 nitrogen and oxygen atoms in total. The quantitative estimate of drug-likeness (QED) is 0.873. The van der Waals surface area contributed by atoms with E-state index in [-0.39, 0.29) is 0 Å². The van der Waals surface area contributed by atoms with Gasteiger partial charge in [0.05, 0.1) is 11.4 Å². The first kappa shape index (κ1) is 13.7. The molecule has 2 rings (SSSR count). The summed E-state index contributed by atoms with van der Waals surface area (Å²) in [5, 5.41) is 11.0. The first-order valence-corrected chi connectivity index (χ1v) is 6.16. The van der Waals surface area contributed by atoms with Crippen LogP contribution >= 0.6 is 0 Å². The Balaban J connectivity index is 1.92. The first-order valence-electron chi connectivity index (χ1n) is 6.16. The van der Waals surface area contributed by atoms with E-state index in [4.69, 9.17) is 0 Å². The lowest BCUT2D eigenvalue weighted by Gasteiger charge is -2.07. The number of hydrogen-bond acceptors (Lipinski definition) is 3. The van der Waals surface area contributed by atoms with Crippen LogP contribution in [0.5, 0.6) is 0 Å². The van der Waals surface area contributed by atoms with E-state index in [2.05, 4.69) is 15.5 Å². The van der Waals surface area contributed by atoms with Crippen molar-refractivity contribution in [3.63, 3.8) is 0 Å². The van der Waals surface area contributed by atoms with Crippen LogP contribution in [-0.4, -0.2) is 19.6 Å². The summed E-state index contributed by atoms with van der Waals surface area (Å²) < 4.78 is 27.7. The van der Waals surface area contributed by atoms with Crippen LogP contribution in [-0.2, 0) is 19.6 Å². The van der Waals surface area contributed by atoms with Gasteiger partial charge in [0.25, 0.3) is 0 Å². The topological polar surface area (TPSA) is 47.7 Å². The average Bonchev–Trinajstić information content (AvgIpc) is 2.97. The predicted molar refractivity (Wildman–Crippen MR) is 66.7 cm³/mol. The Bertz CT molecular complexity index is 532. The lowest BCUT2D eigenvalue weighted by atomic mass is 10.2. The summed E-state index contributed by atoms with van der Waals surface area (Å²) in [6.07, 6.45) is 3.34. The second-order valence-electron chi connectivity index (χ2n) is 4.24. The fourth-order valence-electron chi connectivity index (χ4n) is 1.88. The molecule has 2 aromatic heterocycles. The van der Waals surface area contributed by atoms with Crippen LogP contribution in [0, 0.1) is 6.92 Å². The molecule has 19 heavy (non-hydrogen) atoms. The maximum atomic E-state index is 12.6. The zero-order chi connectivity index (χ0) is 13.8. The maximum absolute atomic E-state index is 12.6. The largest absolute Gasteiger partial charge is 0.333 e. The van der Waals surface area contributed by atoms with E-state index in [1.54, 1.807) is 6.07 Å². The van der Waals surface area contributed by atoms with Gasteiger partial charge in [0.2, 0.25) is 0 Å². The lowest BCUT2D eigenvalue weighted by Crippen LogP contribution is -2.17. The van der Waals surface area contributed by atoms with Gasteiger partial charge in [-0.2, -0.15) is 19.0 Å². The highest BCUT2D eigenvalue weighted by atomic mass is 19.3. The van der Waals surface area contributed by atoms with Gasteiger partial charge in [-0.05, 0) is 19.9 Å². The minimum Gasteiger partial charge on any atom is -0.307 e. The second kappa shape index (κ2) is 5.92. The van der Waals surface area contributed by atoms with E-state index < -0.39 is 6.55 Å². The Hall–Kier alpha value is -1.76. The molecule has 0 spiro atoms. The minimum atomic E-state index is -2.60. The number of aryl methyl sites for hydroxylation is 2. The third-order valence-electron chi connectivity index (χ3n) is 2.93. The highest BCUT2D eigenvalue weighted by Crippen LogP contribution is 2.12. The molecule has 1 N–H and O–H groups in total. The summed E-state index contributed by atoms with van der Waals surface area (Å²) in [6, 6.07) is 1.58. The minimum absolute atomic E-state index is 0.348. The smallest absolute Gasteiger partial charge is 0.307 e. The first-order chi connectivity index (χ1) is 9.11. The summed E-state index contributed by atoms with van der Waals surface area (Å²) in [7, 11) is 0. The molecule has 0 aliphatic rings. The van der Waals surface area contributed by atoms with E-state index in [1.165, 1.54) is 6.20 Å². The molecule has 0 saturated heterocycles. The van der Waals surface area contributed by atoms with Crippen LogP contribution in [0.25, 0.3) is 0 Å². The third kappa shape index (κ3) is 3.17.